The highest BCUT2D eigenvalue weighted by Gasteiger charge is 2.18. The normalized spacial score (nSPS) is 16.8. The fourth-order valence-corrected chi connectivity index (χ4v) is 2.88. The van der Waals surface area contributed by atoms with Gasteiger partial charge in [0.2, 0.25) is 5.91 Å². The van der Waals surface area contributed by atoms with E-state index in [1.807, 2.05) is 30.3 Å². The van der Waals surface area contributed by atoms with Gasteiger partial charge in [-0.2, -0.15) is 0 Å². The van der Waals surface area contributed by atoms with Crippen LogP contribution in [0.15, 0.2) is 30.3 Å². The molecular formula is C17H22N4O. The predicted octanol–water partition coefficient (Wildman–Crippen LogP) is 1.57. The number of fused-ring (bicyclic) bond motifs is 1. The van der Waals surface area contributed by atoms with E-state index >= 15 is 0 Å². The molecule has 1 saturated heterocycles. The second-order valence-electron chi connectivity index (χ2n) is 6.08. The molecule has 0 bridgehead atoms. The van der Waals surface area contributed by atoms with Gasteiger partial charge in [-0.1, -0.05) is 6.07 Å². The Kier molecular flexibility index (Phi) is 4.24. The van der Waals surface area contributed by atoms with Crippen molar-refractivity contribution in [2.24, 2.45) is 0 Å². The van der Waals surface area contributed by atoms with Gasteiger partial charge in [-0.15, -0.1) is 0 Å². The van der Waals surface area contributed by atoms with Gasteiger partial charge in [0.15, 0.2) is 0 Å². The molecule has 1 aliphatic rings. The number of hydrogen-bond acceptors (Lipinski definition) is 4. The molecule has 1 amide bonds. The number of benzene rings is 1. The maximum absolute atomic E-state index is 12.2. The number of aromatic nitrogens is 1. The van der Waals surface area contributed by atoms with E-state index in [1.54, 1.807) is 0 Å². The zero-order valence-electron chi connectivity index (χ0n) is 12.9. The van der Waals surface area contributed by atoms with E-state index in [1.165, 1.54) is 0 Å². The number of nitrogen functional groups attached to an aromatic ring is 1. The fourth-order valence-electron chi connectivity index (χ4n) is 2.88. The highest BCUT2D eigenvalue weighted by Crippen LogP contribution is 2.16. The Morgan fingerprint density at radius 3 is 2.86 bits per heavy atom. The molecule has 0 spiro atoms. The van der Waals surface area contributed by atoms with Gasteiger partial charge in [0.25, 0.3) is 0 Å². The van der Waals surface area contributed by atoms with Gasteiger partial charge in [0, 0.05) is 17.1 Å². The van der Waals surface area contributed by atoms with E-state index in [2.05, 4.69) is 22.2 Å². The number of piperidine rings is 1. The lowest BCUT2D eigenvalue weighted by Gasteiger charge is -2.29. The summed E-state index contributed by atoms with van der Waals surface area (Å²) in [4.78, 5) is 19.0. The summed E-state index contributed by atoms with van der Waals surface area (Å²) in [5.74, 6) is 0.0526. The average molecular weight is 298 g/mol. The standard InChI is InChI=1S/C17H22N4O/c1-21-8-6-14(7-9-21)20-17(22)11-15-4-2-12-10-13(18)3-5-16(12)19-15/h2-5,10,14H,6-9,11,18H2,1H3,(H,20,22). The van der Waals surface area contributed by atoms with E-state index < -0.39 is 0 Å². The lowest BCUT2D eigenvalue weighted by atomic mass is 10.1. The summed E-state index contributed by atoms with van der Waals surface area (Å²) in [6.07, 6.45) is 2.37. The summed E-state index contributed by atoms with van der Waals surface area (Å²) in [6, 6.07) is 9.78. The van der Waals surface area contributed by atoms with Crippen molar-refractivity contribution in [1.82, 2.24) is 15.2 Å². The van der Waals surface area contributed by atoms with Gasteiger partial charge >= 0.3 is 0 Å². The molecule has 5 nitrogen and oxygen atoms in total. The van der Waals surface area contributed by atoms with Crippen LogP contribution in [0.25, 0.3) is 10.9 Å². The molecular weight excluding hydrogens is 276 g/mol. The first-order valence-corrected chi connectivity index (χ1v) is 7.73. The van der Waals surface area contributed by atoms with Crippen LogP contribution in [-0.2, 0) is 11.2 Å². The van der Waals surface area contributed by atoms with E-state index in [9.17, 15) is 4.79 Å². The second kappa shape index (κ2) is 6.32. The fraction of sp³-hybridized carbons (Fsp3) is 0.412. The number of nitrogens with two attached hydrogens (primary N) is 1. The maximum atomic E-state index is 12.2. The van der Waals surface area contributed by atoms with Gasteiger partial charge in [-0.25, -0.2) is 0 Å². The molecule has 22 heavy (non-hydrogen) atoms. The van der Waals surface area contributed by atoms with Gasteiger partial charge in [-0.05, 0) is 57.2 Å². The first-order chi connectivity index (χ1) is 10.6. The van der Waals surface area contributed by atoms with Crippen molar-refractivity contribution in [2.75, 3.05) is 25.9 Å². The van der Waals surface area contributed by atoms with Gasteiger partial charge < -0.3 is 16.0 Å². The van der Waals surface area contributed by atoms with Crippen LogP contribution in [0.1, 0.15) is 18.5 Å². The summed E-state index contributed by atoms with van der Waals surface area (Å²) >= 11 is 0. The minimum Gasteiger partial charge on any atom is -0.399 e. The Bertz CT molecular complexity index is 677. The summed E-state index contributed by atoms with van der Waals surface area (Å²) < 4.78 is 0. The molecule has 1 fully saturated rings. The van der Waals surface area contributed by atoms with Crippen molar-refractivity contribution >= 4 is 22.5 Å². The minimum atomic E-state index is 0.0526. The number of carbonyl (C=O) groups is 1. The summed E-state index contributed by atoms with van der Waals surface area (Å²) in [6.45, 7) is 2.08. The topological polar surface area (TPSA) is 71.2 Å². The number of pyridine rings is 1. The Hall–Kier alpha value is -2.14. The number of hydrogen-bond donors (Lipinski definition) is 2. The van der Waals surface area contributed by atoms with Crippen molar-refractivity contribution < 1.29 is 4.79 Å². The molecule has 0 unspecified atom stereocenters. The molecule has 1 aromatic carbocycles. The number of likely N-dealkylation sites (tertiary alicyclic amines) is 1. The number of nitrogens with one attached hydrogen (secondary N) is 1. The molecule has 3 N–H and O–H groups in total. The van der Waals surface area contributed by atoms with E-state index in [0.29, 0.717) is 12.5 Å². The highest BCUT2D eigenvalue weighted by atomic mass is 16.1. The lowest BCUT2D eigenvalue weighted by Crippen LogP contribution is -2.43. The number of amides is 1. The van der Waals surface area contributed by atoms with E-state index in [4.69, 9.17) is 5.73 Å². The SMILES string of the molecule is CN1CCC(NC(=O)Cc2ccc3cc(N)ccc3n2)CC1. The molecule has 0 saturated carbocycles. The molecule has 0 radical (unpaired) electrons. The van der Waals surface area contributed by atoms with Crippen molar-refractivity contribution in [3.05, 3.63) is 36.0 Å². The van der Waals surface area contributed by atoms with Crippen molar-refractivity contribution in [3.8, 4) is 0 Å². The highest BCUT2D eigenvalue weighted by molar-refractivity contribution is 5.83. The molecule has 3 rings (SSSR count). The number of nitrogens with zero attached hydrogens (tertiary/aromatic N) is 2. The molecule has 2 heterocycles. The number of anilines is 1. The van der Waals surface area contributed by atoms with Crippen molar-refractivity contribution in [2.45, 2.75) is 25.3 Å². The summed E-state index contributed by atoms with van der Waals surface area (Å²) in [5.41, 5.74) is 8.15. The minimum absolute atomic E-state index is 0.0526. The largest absolute Gasteiger partial charge is 0.399 e. The molecule has 0 atom stereocenters. The van der Waals surface area contributed by atoms with Gasteiger partial charge in [-0.3, -0.25) is 9.78 Å². The smallest absolute Gasteiger partial charge is 0.226 e. The maximum Gasteiger partial charge on any atom is 0.226 e. The molecule has 1 aromatic heterocycles. The van der Waals surface area contributed by atoms with Crippen LogP contribution in [0.3, 0.4) is 0 Å². The van der Waals surface area contributed by atoms with Gasteiger partial charge in [0.05, 0.1) is 17.6 Å². The van der Waals surface area contributed by atoms with Crippen LogP contribution in [0.2, 0.25) is 0 Å². The monoisotopic (exact) mass is 298 g/mol. The van der Waals surface area contributed by atoms with Crippen molar-refractivity contribution in [3.63, 3.8) is 0 Å². The quantitative estimate of drug-likeness (QED) is 0.844. The van der Waals surface area contributed by atoms with Crippen LogP contribution < -0.4 is 11.1 Å². The second-order valence-corrected chi connectivity index (χ2v) is 6.08. The van der Waals surface area contributed by atoms with E-state index in [-0.39, 0.29) is 5.91 Å². The Labute approximate surface area is 130 Å². The third-order valence-electron chi connectivity index (χ3n) is 4.20. The molecule has 1 aliphatic heterocycles. The Morgan fingerprint density at radius 1 is 1.32 bits per heavy atom. The van der Waals surface area contributed by atoms with Crippen LogP contribution >= 0.6 is 0 Å². The Balaban J connectivity index is 1.62. The first kappa shape index (κ1) is 14.8. The number of carbonyl (C=O) groups excluding carboxylic acids is 1. The van der Waals surface area contributed by atoms with Crippen LogP contribution in [0.5, 0.6) is 0 Å². The zero-order valence-corrected chi connectivity index (χ0v) is 12.9. The Morgan fingerprint density at radius 2 is 2.09 bits per heavy atom. The predicted molar refractivity (Wildman–Crippen MR) is 88.5 cm³/mol. The molecule has 5 heteroatoms. The zero-order chi connectivity index (χ0) is 15.5. The van der Waals surface area contributed by atoms with E-state index in [0.717, 1.165) is 48.2 Å². The lowest BCUT2D eigenvalue weighted by molar-refractivity contribution is -0.121. The van der Waals surface area contributed by atoms with Crippen LogP contribution in [0.4, 0.5) is 5.69 Å². The van der Waals surface area contributed by atoms with Crippen LogP contribution in [-0.4, -0.2) is 42.0 Å². The molecule has 116 valence electrons. The van der Waals surface area contributed by atoms with Gasteiger partial charge in [0.1, 0.15) is 0 Å². The first-order valence-electron chi connectivity index (χ1n) is 7.73. The third-order valence-corrected chi connectivity index (χ3v) is 4.20. The third kappa shape index (κ3) is 3.54. The average Bonchev–Trinajstić information content (AvgIpc) is 2.50. The summed E-state index contributed by atoms with van der Waals surface area (Å²) in [7, 11) is 2.11. The molecule has 2 aromatic rings. The summed E-state index contributed by atoms with van der Waals surface area (Å²) in [5, 5.41) is 4.12. The van der Waals surface area contributed by atoms with Crippen molar-refractivity contribution in [1.29, 1.82) is 0 Å². The number of rotatable bonds is 3. The molecule has 0 aliphatic carbocycles. The van der Waals surface area contributed by atoms with Crippen LogP contribution in [0, 0.1) is 0 Å².